The van der Waals surface area contributed by atoms with Crippen LogP contribution in [0, 0.1) is 11.3 Å². The monoisotopic (exact) mass is 235 g/mol. The minimum Gasteiger partial charge on any atom is -0.393 e. The number of nitrogen functional groups attached to an aromatic ring is 1. The molecule has 6 heteroatoms. The first-order valence-electron chi connectivity index (χ1n) is 5.68. The summed E-state index contributed by atoms with van der Waals surface area (Å²) in [6.45, 7) is 3.35. The van der Waals surface area contributed by atoms with E-state index in [0.29, 0.717) is 11.4 Å². The van der Waals surface area contributed by atoms with Crippen LogP contribution < -0.4 is 10.6 Å². The molecule has 17 heavy (non-hydrogen) atoms. The van der Waals surface area contributed by atoms with E-state index in [2.05, 4.69) is 10.2 Å². The highest BCUT2D eigenvalue weighted by Crippen LogP contribution is 2.26. The number of rotatable bonds is 3. The van der Waals surface area contributed by atoms with Gasteiger partial charge in [-0.2, -0.15) is 5.10 Å². The molecular formula is C11H17N5O. The van der Waals surface area contributed by atoms with Crippen molar-refractivity contribution in [3.63, 3.8) is 0 Å². The molecule has 1 aromatic heterocycles. The highest BCUT2D eigenvalue weighted by Gasteiger charge is 2.28. The van der Waals surface area contributed by atoms with Crippen LogP contribution in [0.5, 0.6) is 0 Å². The quantitative estimate of drug-likeness (QED) is 0.504. The van der Waals surface area contributed by atoms with Crippen LogP contribution in [-0.2, 0) is 0 Å². The summed E-state index contributed by atoms with van der Waals surface area (Å²) in [5.74, 6) is 0.885. The lowest BCUT2D eigenvalue weighted by Crippen LogP contribution is -2.27. The number of nitrogens with zero attached hydrogens (tertiary/aromatic N) is 3. The largest absolute Gasteiger partial charge is 0.393 e. The Labute approximate surface area is 100.0 Å². The third kappa shape index (κ3) is 2.36. The number of nitrogens with two attached hydrogens (primary N) is 1. The Morgan fingerprint density at radius 1 is 1.71 bits per heavy atom. The fraction of sp³-hybridized carbons (Fsp3) is 0.545. The van der Waals surface area contributed by atoms with E-state index < -0.39 is 0 Å². The van der Waals surface area contributed by atoms with E-state index in [4.69, 9.17) is 11.1 Å². The minimum absolute atomic E-state index is 0.00426. The van der Waals surface area contributed by atoms with E-state index >= 15 is 0 Å². The van der Waals surface area contributed by atoms with Gasteiger partial charge >= 0.3 is 0 Å². The SMILES string of the molecule is CC(O)C1CCN(c2nnccc2C(=N)N)C1. The zero-order chi connectivity index (χ0) is 12.4. The number of anilines is 1. The first kappa shape index (κ1) is 11.8. The second kappa shape index (κ2) is 4.67. The number of hydrogen-bond donors (Lipinski definition) is 3. The molecule has 1 fully saturated rings. The minimum atomic E-state index is -0.322. The van der Waals surface area contributed by atoms with Gasteiger partial charge in [0.05, 0.1) is 17.9 Å². The molecule has 0 radical (unpaired) electrons. The van der Waals surface area contributed by atoms with Gasteiger partial charge in [-0.05, 0) is 19.4 Å². The van der Waals surface area contributed by atoms with Gasteiger partial charge in [0.25, 0.3) is 0 Å². The molecule has 0 amide bonds. The van der Waals surface area contributed by atoms with Crippen molar-refractivity contribution in [2.45, 2.75) is 19.4 Å². The molecule has 1 aliphatic heterocycles. The molecule has 2 heterocycles. The maximum absolute atomic E-state index is 9.57. The van der Waals surface area contributed by atoms with Crippen molar-refractivity contribution in [3.05, 3.63) is 17.8 Å². The number of amidine groups is 1. The first-order valence-corrected chi connectivity index (χ1v) is 5.68. The summed E-state index contributed by atoms with van der Waals surface area (Å²) in [7, 11) is 0. The first-order chi connectivity index (χ1) is 8.09. The van der Waals surface area contributed by atoms with Crippen LogP contribution in [-0.4, -0.2) is 40.3 Å². The summed E-state index contributed by atoms with van der Waals surface area (Å²) in [4.78, 5) is 2.03. The molecule has 1 aliphatic rings. The average molecular weight is 235 g/mol. The van der Waals surface area contributed by atoms with Gasteiger partial charge in [-0.3, -0.25) is 5.41 Å². The van der Waals surface area contributed by atoms with E-state index in [1.807, 2.05) is 4.90 Å². The van der Waals surface area contributed by atoms with Crippen LogP contribution in [0.4, 0.5) is 5.82 Å². The van der Waals surface area contributed by atoms with Crippen LogP contribution in [0.1, 0.15) is 18.9 Å². The third-order valence-corrected chi connectivity index (χ3v) is 3.20. The molecule has 6 nitrogen and oxygen atoms in total. The highest BCUT2D eigenvalue weighted by molar-refractivity contribution is 5.99. The Bertz CT molecular complexity index is 420. The number of aliphatic hydroxyl groups excluding tert-OH is 1. The fourth-order valence-electron chi connectivity index (χ4n) is 2.14. The van der Waals surface area contributed by atoms with Crippen molar-refractivity contribution in [1.82, 2.24) is 10.2 Å². The number of nitrogens with one attached hydrogen (secondary N) is 1. The molecule has 0 aliphatic carbocycles. The van der Waals surface area contributed by atoms with Crippen LogP contribution in [0.25, 0.3) is 0 Å². The van der Waals surface area contributed by atoms with Gasteiger partial charge in [-0.1, -0.05) is 0 Å². The Balaban J connectivity index is 2.21. The van der Waals surface area contributed by atoms with E-state index in [9.17, 15) is 5.11 Å². The smallest absolute Gasteiger partial charge is 0.162 e. The predicted molar refractivity (Wildman–Crippen MR) is 65.0 cm³/mol. The molecule has 0 aromatic carbocycles. The third-order valence-electron chi connectivity index (χ3n) is 3.20. The Morgan fingerprint density at radius 2 is 2.47 bits per heavy atom. The Morgan fingerprint density at radius 3 is 3.06 bits per heavy atom. The van der Waals surface area contributed by atoms with E-state index in [0.717, 1.165) is 19.5 Å². The lowest BCUT2D eigenvalue weighted by molar-refractivity contribution is 0.136. The van der Waals surface area contributed by atoms with Crippen molar-refractivity contribution in [1.29, 1.82) is 5.41 Å². The van der Waals surface area contributed by atoms with Gasteiger partial charge in [-0.15, -0.1) is 5.10 Å². The van der Waals surface area contributed by atoms with Crippen molar-refractivity contribution in [2.75, 3.05) is 18.0 Å². The summed E-state index contributed by atoms with van der Waals surface area (Å²) >= 11 is 0. The Kier molecular flexibility index (Phi) is 3.23. The second-order valence-corrected chi connectivity index (χ2v) is 4.42. The van der Waals surface area contributed by atoms with Crippen LogP contribution in [0.15, 0.2) is 12.3 Å². The summed E-state index contributed by atoms with van der Waals surface area (Å²) in [6.07, 6.45) is 2.13. The fourth-order valence-corrected chi connectivity index (χ4v) is 2.14. The van der Waals surface area contributed by atoms with Gasteiger partial charge < -0.3 is 15.7 Å². The van der Waals surface area contributed by atoms with Gasteiger partial charge in [0.15, 0.2) is 5.82 Å². The van der Waals surface area contributed by atoms with E-state index in [-0.39, 0.29) is 17.9 Å². The summed E-state index contributed by atoms with van der Waals surface area (Å²) < 4.78 is 0. The number of hydrogen-bond acceptors (Lipinski definition) is 5. The number of aliphatic hydroxyl groups is 1. The van der Waals surface area contributed by atoms with Crippen LogP contribution in [0.2, 0.25) is 0 Å². The Hall–Kier alpha value is -1.69. The summed E-state index contributed by atoms with van der Waals surface area (Å²) in [5, 5.41) is 25.0. The zero-order valence-electron chi connectivity index (χ0n) is 9.80. The topological polar surface area (TPSA) is 99.1 Å². The van der Waals surface area contributed by atoms with Crippen molar-refractivity contribution in [2.24, 2.45) is 11.7 Å². The second-order valence-electron chi connectivity index (χ2n) is 4.42. The molecular weight excluding hydrogens is 218 g/mol. The molecule has 0 saturated carbocycles. The molecule has 1 aromatic rings. The normalized spacial score (nSPS) is 21.5. The van der Waals surface area contributed by atoms with Crippen LogP contribution >= 0.6 is 0 Å². The molecule has 1 saturated heterocycles. The lowest BCUT2D eigenvalue weighted by atomic mass is 10.0. The van der Waals surface area contributed by atoms with Crippen molar-refractivity contribution < 1.29 is 5.11 Å². The molecule has 4 N–H and O–H groups in total. The average Bonchev–Trinajstić information content (AvgIpc) is 2.78. The van der Waals surface area contributed by atoms with Crippen LogP contribution in [0.3, 0.4) is 0 Å². The standard InChI is InChI=1S/C11H17N5O/c1-7(17)8-3-5-16(6-8)11-9(10(12)13)2-4-14-15-11/h2,4,7-8,17H,3,5-6H2,1H3,(H3,12,13). The molecule has 2 unspecified atom stereocenters. The highest BCUT2D eigenvalue weighted by atomic mass is 16.3. The molecule has 2 rings (SSSR count). The summed E-state index contributed by atoms with van der Waals surface area (Å²) in [5.41, 5.74) is 6.12. The van der Waals surface area contributed by atoms with Crippen molar-refractivity contribution >= 4 is 11.7 Å². The van der Waals surface area contributed by atoms with E-state index in [1.165, 1.54) is 6.20 Å². The maximum Gasteiger partial charge on any atom is 0.162 e. The predicted octanol–water partition coefficient (Wildman–Crippen LogP) is -0.0322. The van der Waals surface area contributed by atoms with Gasteiger partial charge in [0.2, 0.25) is 0 Å². The van der Waals surface area contributed by atoms with Gasteiger partial charge in [0, 0.05) is 19.0 Å². The molecule has 92 valence electrons. The van der Waals surface area contributed by atoms with Gasteiger partial charge in [0.1, 0.15) is 5.84 Å². The lowest BCUT2D eigenvalue weighted by Gasteiger charge is -2.20. The van der Waals surface area contributed by atoms with E-state index in [1.54, 1.807) is 13.0 Å². The zero-order valence-corrected chi connectivity index (χ0v) is 9.80. The maximum atomic E-state index is 9.57. The summed E-state index contributed by atoms with van der Waals surface area (Å²) in [6, 6.07) is 1.69. The molecule has 0 bridgehead atoms. The van der Waals surface area contributed by atoms with Gasteiger partial charge in [-0.25, -0.2) is 0 Å². The number of aromatic nitrogens is 2. The molecule has 0 spiro atoms. The molecule has 2 atom stereocenters. The van der Waals surface area contributed by atoms with Crippen molar-refractivity contribution in [3.8, 4) is 0 Å².